The second-order valence-corrected chi connectivity index (χ2v) is 9.77. The number of piperazine rings is 1. The number of aromatic nitrogens is 3. The summed E-state index contributed by atoms with van der Waals surface area (Å²) in [7, 11) is 2.11. The normalized spacial score (nSPS) is 16.1. The molecule has 1 aliphatic rings. The Hall–Kier alpha value is -2.72. The number of nitrogens with zero attached hydrogens (tertiary/aromatic N) is 5. The number of nitrogens with one attached hydrogen (secondary N) is 1. The highest BCUT2D eigenvalue weighted by atomic mass is 35.5. The number of hydrogen-bond acceptors (Lipinski definition) is 7. The molecular weight excluding hydrogens is 454 g/mol. The predicted octanol–water partition coefficient (Wildman–Crippen LogP) is 2.25. The van der Waals surface area contributed by atoms with E-state index in [2.05, 4.69) is 32.4 Å². The lowest BCUT2D eigenvalue weighted by atomic mass is 10.1. The number of halogens is 1. The van der Waals surface area contributed by atoms with E-state index in [0.29, 0.717) is 23.1 Å². The zero-order valence-electron chi connectivity index (χ0n) is 19.9. The maximum absolute atomic E-state index is 12.8. The van der Waals surface area contributed by atoms with E-state index in [4.69, 9.17) is 22.1 Å². The molecule has 0 aliphatic carbocycles. The van der Waals surface area contributed by atoms with Gasteiger partial charge >= 0.3 is 0 Å². The van der Waals surface area contributed by atoms with Gasteiger partial charge in [0.25, 0.3) is 0 Å². The maximum Gasteiger partial charge on any atom is 0.240 e. The fourth-order valence-electron chi connectivity index (χ4n) is 3.87. The molecular formula is C24H32ClN7O2. The summed E-state index contributed by atoms with van der Waals surface area (Å²) in [6.45, 7) is 7.58. The fraction of sp³-hybridized carbons (Fsp3) is 0.458. The van der Waals surface area contributed by atoms with Gasteiger partial charge in [0.05, 0.1) is 29.5 Å². The molecule has 3 heterocycles. The van der Waals surface area contributed by atoms with Crippen LogP contribution in [-0.4, -0.2) is 70.8 Å². The Labute approximate surface area is 204 Å². The van der Waals surface area contributed by atoms with Gasteiger partial charge in [0, 0.05) is 32.4 Å². The van der Waals surface area contributed by atoms with Crippen LogP contribution in [0, 0.1) is 0 Å². The van der Waals surface area contributed by atoms with Crippen LogP contribution in [-0.2, 0) is 16.1 Å². The van der Waals surface area contributed by atoms with Crippen molar-refractivity contribution < 1.29 is 9.53 Å². The lowest BCUT2D eigenvalue weighted by Crippen LogP contribution is -2.51. The number of rotatable bonds is 8. The fourth-order valence-corrected chi connectivity index (χ4v) is 4.07. The van der Waals surface area contributed by atoms with Crippen LogP contribution in [0.2, 0.25) is 5.02 Å². The van der Waals surface area contributed by atoms with E-state index in [1.54, 1.807) is 20.0 Å². The van der Waals surface area contributed by atoms with E-state index < -0.39 is 11.6 Å². The van der Waals surface area contributed by atoms with E-state index in [9.17, 15) is 4.79 Å². The molecule has 1 aromatic carbocycles. The molecule has 0 saturated carbocycles. The Kier molecular flexibility index (Phi) is 7.37. The summed E-state index contributed by atoms with van der Waals surface area (Å²) >= 11 is 6.52. The highest BCUT2D eigenvalue weighted by Crippen LogP contribution is 2.28. The van der Waals surface area contributed by atoms with Crippen molar-refractivity contribution in [3.8, 4) is 0 Å². The SMILES string of the molecule is CN1CCN(c2cc(Cl)cn3c([C@@H](COCc4ccccc4)NC(=O)C(C)(C)N)nnc23)CC1. The number of ether oxygens (including phenoxy) is 1. The van der Waals surface area contributed by atoms with Crippen molar-refractivity contribution in [2.75, 3.05) is 44.7 Å². The number of carbonyl (C=O) groups excluding carboxylic acids is 1. The first kappa shape index (κ1) is 24.4. The smallest absolute Gasteiger partial charge is 0.240 e. The van der Waals surface area contributed by atoms with Crippen LogP contribution in [0.25, 0.3) is 5.65 Å². The van der Waals surface area contributed by atoms with Crippen LogP contribution >= 0.6 is 11.6 Å². The number of anilines is 1. The van der Waals surface area contributed by atoms with Crippen molar-refractivity contribution >= 4 is 28.8 Å². The summed E-state index contributed by atoms with van der Waals surface area (Å²) < 4.78 is 7.81. The molecule has 1 fully saturated rings. The molecule has 3 aromatic rings. The molecule has 0 bridgehead atoms. The van der Waals surface area contributed by atoms with Crippen molar-refractivity contribution in [1.82, 2.24) is 24.8 Å². The number of benzene rings is 1. The number of amides is 1. The number of carbonyl (C=O) groups is 1. The summed E-state index contributed by atoms with van der Waals surface area (Å²) in [5, 5.41) is 12.5. The monoisotopic (exact) mass is 485 g/mol. The van der Waals surface area contributed by atoms with Crippen LogP contribution in [0.3, 0.4) is 0 Å². The Bertz CT molecular complexity index is 1120. The van der Waals surface area contributed by atoms with Crippen LogP contribution in [0.1, 0.15) is 31.3 Å². The Balaban J connectivity index is 1.63. The van der Waals surface area contributed by atoms with Gasteiger partial charge in [-0.25, -0.2) is 0 Å². The molecule has 1 amide bonds. The number of nitrogens with two attached hydrogens (primary N) is 1. The molecule has 182 valence electrons. The molecule has 2 aromatic heterocycles. The Morgan fingerprint density at radius 3 is 2.59 bits per heavy atom. The third-order valence-electron chi connectivity index (χ3n) is 5.92. The minimum Gasteiger partial charge on any atom is -0.374 e. The van der Waals surface area contributed by atoms with Crippen LogP contribution in [0.15, 0.2) is 42.6 Å². The van der Waals surface area contributed by atoms with Crippen LogP contribution in [0.5, 0.6) is 0 Å². The second-order valence-electron chi connectivity index (χ2n) is 9.33. The molecule has 34 heavy (non-hydrogen) atoms. The molecule has 3 N–H and O–H groups in total. The second kappa shape index (κ2) is 10.3. The third-order valence-corrected chi connectivity index (χ3v) is 6.13. The maximum atomic E-state index is 12.8. The largest absolute Gasteiger partial charge is 0.374 e. The molecule has 4 rings (SSSR count). The van der Waals surface area contributed by atoms with E-state index in [-0.39, 0.29) is 12.5 Å². The van der Waals surface area contributed by atoms with E-state index in [1.165, 1.54) is 0 Å². The van der Waals surface area contributed by atoms with Crippen LogP contribution in [0.4, 0.5) is 5.69 Å². The molecule has 10 heteroatoms. The quantitative estimate of drug-likeness (QED) is 0.504. The molecule has 0 spiro atoms. The van der Waals surface area contributed by atoms with Gasteiger partial charge in [-0.3, -0.25) is 9.20 Å². The molecule has 1 atom stereocenters. The van der Waals surface area contributed by atoms with Gasteiger partial charge in [0.2, 0.25) is 5.91 Å². The molecule has 1 saturated heterocycles. The number of likely N-dealkylation sites (N-methyl/N-ethyl adjacent to an activating group) is 1. The summed E-state index contributed by atoms with van der Waals surface area (Å²) in [6, 6.07) is 11.2. The first-order valence-corrected chi connectivity index (χ1v) is 11.8. The number of hydrogen-bond donors (Lipinski definition) is 2. The van der Waals surface area contributed by atoms with Gasteiger partial charge in [-0.15, -0.1) is 10.2 Å². The van der Waals surface area contributed by atoms with E-state index >= 15 is 0 Å². The van der Waals surface area contributed by atoms with Crippen LogP contribution < -0.4 is 16.0 Å². The molecule has 0 radical (unpaired) electrons. The van der Waals surface area contributed by atoms with Gasteiger partial charge in [-0.2, -0.15) is 0 Å². The minimum absolute atomic E-state index is 0.202. The zero-order valence-corrected chi connectivity index (χ0v) is 20.6. The first-order valence-electron chi connectivity index (χ1n) is 11.4. The molecule has 0 unspecified atom stereocenters. The van der Waals surface area contributed by atoms with Gasteiger partial charge in [0.1, 0.15) is 6.04 Å². The summed E-state index contributed by atoms with van der Waals surface area (Å²) in [5.74, 6) is 0.234. The average molecular weight is 486 g/mol. The van der Waals surface area contributed by atoms with E-state index in [0.717, 1.165) is 37.4 Å². The topological polar surface area (TPSA) is 101 Å². The van der Waals surface area contributed by atoms with Crippen molar-refractivity contribution in [2.45, 2.75) is 32.0 Å². The van der Waals surface area contributed by atoms with E-state index in [1.807, 2.05) is 40.8 Å². The summed E-state index contributed by atoms with van der Waals surface area (Å²) in [6.07, 6.45) is 1.77. The molecule has 1 aliphatic heterocycles. The average Bonchev–Trinajstić information content (AvgIpc) is 3.22. The Morgan fingerprint density at radius 1 is 1.21 bits per heavy atom. The predicted molar refractivity (Wildman–Crippen MR) is 133 cm³/mol. The van der Waals surface area contributed by atoms with Crippen molar-refractivity contribution in [3.63, 3.8) is 0 Å². The first-order chi connectivity index (χ1) is 16.2. The van der Waals surface area contributed by atoms with Gasteiger partial charge < -0.3 is 25.6 Å². The lowest BCUT2D eigenvalue weighted by molar-refractivity contribution is -0.126. The lowest BCUT2D eigenvalue weighted by Gasteiger charge is -2.34. The van der Waals surface area contributed by atoms with Gasteiger partial charge in [0.15, 0.2) is 11.5 Å². The van der Waals surface area contributed by atoms with Gasteiger partial charge in [-0.1, -0.05) is 41.9 Å². The molecule has 9 nitrogen and oxygen atoms in total. The third kappa shape index (κ3) is 5.67. The summed E-state index contributed by atoms with van der Waals surface area (Å²) in [5.41, 5.74) is 7.65. The minimum atomic E-state index is -1.05. The summed E-state index contributed by atoms with van der Waals surface area (Å²) in [4.78, 5) is 17.3. The van der Waals surface area contributed by atoms with Gasteiger partial charge in [-0.05, 0) is 32.5 Å². The standard InChI is InChI=1S/C24H32ClN7O2/c1-24(2,26)23(33)27-19(16-34-15-17-7-5-4-6-8-17)21-28-29-22-20(13-18(25)14-32(21)22)31-11-9-30(3)10-12-31/h4-8,13-14,19H,9-12,15-16,26H2,1-3H3,(H,27,33)/t19-/m1/s1. The van der Waals surface area contributed by atoms with Crippen molar-refractivity contribution in [2.24, 2.45) is 5.73 Å². The Morgan fingerprint density at radius 2 is 1.91 bits per heavy atom. The highest BCUT2D eigenvalue weighted by Gasteiger charge is 2.29. The zero-order chi connectivity index (χ0) is 24.3. The highest BCUT2D eigenvalue weighted by molar-refractivity contribution is 6.30. The van der Waals surface area contributed by atoms with Crippen molar-refractivity contribution in [1.29, 1.82) is 0 Å². The number of fused-ring (bicyclic) bond motifs is 1. The van der Waals surface area contributed by atoms with Crippen molar-refractivity contribution in [3.05, 3.63) is 59.0 Å². The number of pyridine rings is 1.